The minimum atomic E-state index is -0.132. The normalized spacial score (nSPS) is 20.4. The third-order valence-corrected chi connectivity index (χ3v) is 4.11. The zero-order valence-electron chi connectivity index (χ0n) is 13.1. The molecule has 1 aliphatic rings. The van der Waals surface area contributed by atoms with Crippen molar-refractivity contribution >= 4 is 5.91 Å². The van der Waals surface area contributed by atoms with Crippen molar-refractivity contribution in [1.29, 1.82) is 0 Å². The third kappa shape index (κ3) is 3.71. The molecule has 0 saturated heterocycles. The van der Waals surface area contributed by atoms with Crippen LogP contribution in [-0.4, -0.2) is 32.9 Å². The Kier molecular flexibility index (Phi) is 4.62. The Morgan fingerprint density at radius 1 is 1.48 bits per heavy atom. The first-order chi connectivity index (χ1) is 11.2. The zero-order chi connectivity index (χ0) is 16.2. The van der Waals surface area contributed by atoms with Crippen molar-refractivity contribution in [2.45, 2.75) is 38.0 Å². The molecule has 1 amide bonds. The lowest BCUT2D eigenvalue weighted by molar-refractivity contribution is 0.0894. The predicted molar refractivity (Wildman–Crippen MR) is 85.1 cm³/mol. The molecule has 2 N–H and O–H groups in total. The number of carbonyl (C=O) groups is 1. The second kappa shape index (κ2) is 6.83. The summed E-state index contributed by atoms with van der Waals surface area (Å²) in [4.78, 5) is 12.4. The van der Waals surface area contributed by atoms with Gasteiger partial charge in [-0.25, -0.2) is 0 Å². The first kappa shape index (κ1) is 15.6. The number of hydrogen-bond acceptors (Lipinski definition) is 4. The summed E-state index contributed by atoms with van der Waals surface area (Å²) in [5.41, 5.74) is 1.29. The predicted octanol–water partition coefficient (Wildman–Crippen LogP) is 1.64. The van der Waals surface area contributed by atoms with E-state index in [1.54, 1.807) is 35.1 Å². The first-order valence-corrected chi connectivity index (χ1v) is 7.81. The molecular formula is C17H21N3O3. The second-order valence-corrected chi connectivity index (χ2v) is 5.88. The Morgan fingerprint density at radius 2 is 2.35 bits per heavy atom. The van der Waals surface area contributed by atoms with Gasteiger partial charge in [-0.05, 0) is 37.0 Å². The van der Waals surface area contributed by atoms with E-state index in [4.69, 9.17) is 4.74 Å². The Hall–Kier alpha value is -2.34. The molecule has 0 bridgehead atoms. The zero-order valence-corrected chi connectivity index (χ0v) is 13.1. The van der Waals surface area contributed by atoms with Gasteiger partial charge in [0.15, 0.2) is 5.75 Å². The Bertz CT molecular complexity index is 683. The molecule has 6 nitrogen and oxygen atoms in total. The highest BCUT2D eigenvalue weighted by Crippen LogP contribution is 2.24. The number of aliphatic hydroxyl groups excluding tert-OH is 1. The number of ether oxygens (including phenoxy) is 1. The van der Waals surface area contributed by atoms with Crippen LogP contribution in [0.25, 0.3) is 0 Å². The van der Waals surface area contributed by atoms with Crippen molar-refractivity contribution in [3.05, 3.63) is 47.8 Å². The molecule has 0 unspecified atom stereocenters. The van der Waals surface area contributed by atoms with Crippen molar-refractivity contribution in [2.75, 3.05) is 0 Å². The molecule has 0 radical (unpaired) electrons. The number of benzene rings is 1. The van der Waals surface area contributed by atoms with E-state index in [1.807, 2.05) is 13.2 Å². The van der Waals surface area contributed by atoms with Gasteiger partial charge < -0.3 is 15.2 Å². The van der Waals surface area contributed by atoms with Crippen LogP contribution >= 0.6 is 0 Å². The number of carbonyl (C=O) groups excluding carboxylic acids is 1. The molecule has 0 aliphatic heterocycles. The molecule has 1 aromatic heterocycles. The summed E-state index contributed by atoms with van der Waals surface area (Å²) >= 11 is 0. The van der Waals surface area contributed by atoms with Crippen LogP contribution in [0.2, 0.25) is 0 Å². The van der Waals surface area contributed by atoms with Crippen molar-refractivity contribution in [2.24, 2.45) is 7.05 Å². The number of nitrogens with zero attached hydrogens (tertiary/aromatic N) is 2. The Labute approximate surface area is 135 Å². The van der Waals surface area contributed by atoms with Crippen LogP contribution < -0.4 is 10.1 Å². The fourth-order valence-corrected chi connectivity index (χ4v) is 2.93. The maximum Gasteiger partial charge on any atom is 0.251 e. The summed E-state index contributed by atoms with van der Waals surface area (Å²) in [7, 11) is 1.84. The van der Waals surface area contributed by atoms with E-state index in [-0.39, 0.29) is 24.7 Å². The highest BCUT2D eigenvalue weighted by Gasteiger charge is 2.30. The Morgan fingerprint density at radius 3 is 3.09 bits per heavy atom. The van der Waals surface area contributed by atoms with Gasteiger partial charge >= 0.3 is 0 Å². The fourth-order valence-electron chi connectivity index (χ4n) is 2.93. The smallest absolute Gasteiger partial charge is 0.251 e. The van der Waals surface area contributed by atoms with Crippen LogP contribution in [0.4, 0.5) is 0 Å². The summed E-state index contributed by atoms with van der Waals surface area (Å²) in [5.74, 6) is 0.591. The van der Waals surface area contributed by atoms with E-state index >= 15 is 0 Å². The number of aromatic nitrogens is 2. The minimum absolute atomic E-state index is 0.0134. The average molecular weight is 315 g/mol. The van der Waals surface area contributed by atoms with Gasteiger partial charge in [0.25, 0.3) is 5.91 Å². The molecular weight excluding hydrogens is 294 g/mol. The molecule has 2 atom stereocenters. The van der Waals surface area contributed by atoms with E-state index < -0.39 is 0 Å². The quantitative estimate of drug-likeness (QED) is 0.879. The largest absolute Gasteiger partial charge is 0.485 e. The molecule has 2 aromatic rings. The van der Waals surface area contributed by atoms with Gasteiger partial charge in [0.05, 0.1) is 25.0 Å². The number of rotatable bonds is 5. The molecule has 1 fully saturated rings. The summed E-state index contributed by atoms with van der Waals surface area (Å²) in [6.45, 7) is -0.0721. The Balaban J connectivity index is 1.64. The van der Waals surface area contributed by atoms with Gasteiger partial charge in [-0.15, -0.1) is 0 Å². The van der Waals surface area contributed by atoms with Crippen LogP contribution in [0.15, 0.2) is 36.7 Å². The fraction of sp³-hybridized carbons (Fsp3) is 0.412. The molecule has 1 aliphatic carbocycles. The van der Waals surface area contributed by atoms with Crippen molar-refractivity contribution < 1.29 is 14.6 Å². The molecule has 1 aromatic carbocycles. The van der Waals surface area contributed by atoms with E-state index in [2.05, 4.69) is 10.4 Å². The van der Waals surface area contributed by atoms with E-state index in [9.17, 15) is 9.90 Å². The lowest BCUT2D eigenvalue weighted by atomic mass is 10.1. The lowest BCUT2D eigenvalue weighted by Crippen LogP contribution is -2.42. The van der Waals surface area contributed by atoms with Crippen molar-refractivity contribution in [1.82, 2.24) is 15.1 Å². The number of amides is 1. The van der Waals surface area contributed by atoms with Crippen molar-refractivity contribution in [3.8, 4) is 5.75 Å². The number of aliphatic hydroxyl groups is 1. The number of nitrogens with one attached hydrogen (secondary N) is 1. The van der Waals surface area contributed by atoms with E-state index in [0.717, 1.165) is 30.6 Å². The van der Waals surface area contributed by atoms with Crippen LogP contribution in [0.1, 0.15) is 35.2 Å². The standard InChI is InChI=1S/C17H21N3O3/c1-20-10-14(9-18-20)23-16-7-3-6-15(16)19-17(22)13-5-2-4-12(8-13)11-21/h2,4-5,8-10,15-16,21H,3,6-7,11H2,1H3,(H,19,22)/t15-,16+/m0/s1. The molecule has 23 heavy (non-hydrogen) atoms. The van der Waals surface area contributed by atoms with Crippen LogP contribution in [-0.2, 0) is 13.7 Å². The summed E-state index contributed by atoms with van der Waals surface area (Å²) in [6, 6.07) is 7.02. The molecule has 3 rings (SSSR count). The lowest BCUT2D eigenvalue weighted by Gasteiger charge is -2.21. The van der Waals surface area contributed by atoms with Gasteiger partial charge in [-0.3, -0.25) is 9.48 Å². The van der Waals surface area contributed by atoms with Crippen LogP contribution in [0, 0.1) is 0 Å². The maximum absolute atomic E-state index is 12.4. The van der Waals surface area contributed by atoms with Gasteiger partial charge in [-0.1, -0.05) is 12.1 Å². The molecule has 122 valence electrons. The number of aryl methyl sites for hydroxylation is 1. The van der Waals surface area contributed by atoms with E-state index in [0.29, 0.717) is 5.56 Å². The summed E-state index contributed by atoms with van der Waals surface area (Å²) < 4.78 is 7.65. The molecule has 1 heterocycles. The third-order valence-electron chi connectivity index (χ3n) is 4.11. The maximum atomic E-state index is 12.4. The van der Waals surface area contributed by atoms with Crippen LogP contribution in [0.5, 0.6) is 5.75 Å². The number of hydrogen-bond donors (Lipinski definition) is 2. The minimum Gasteiger partial charge on any atom is -0.485 e. The summed E-state index contributed by atoms with van der Waals surface area (Å²) in [5, 5.41) is 16.3. The molecule has 0 spiro atoms. The second-order valence-electron chi connectivity index (χ2n) is 5.88. The summed E-state index contributed by atoms with van der Waals surface area (Å²) in [6.07, 6.45) is 6.30. The highest BCUT2D eigenvalue weighted by atomic mass is 16.5. The van der Waals surface area contributed by atoms with Crippen molar-refractivity contribution in [3.63, 3.8) is 0 Å². The molecule has 6 heteroatoms. The molecule has 1 saturated carbocycles. The van der Waals surface area contributed by atoms with Gasteiger partial charge in [0, 0.05) is 12.6 Å². The van der Waals surface area contributed by atoms with Gasteiger partial charge in [0.2, 0.25) is 0 Å². The SMILES string of the molecule is Cn1cc(O[C@@H]2CCC[C@@H]2NC(=O)c2cccc(CO)c2)cn1. The monoisotopic (exact) mass is 315 g/mol. The van der Waals surface area contributed by atoms with Crippen LogP contribution in [0.3, 0.4) is 0 Å². The average Bonchev–Trinajstić information content (AvgIpc) is 3.17. The topological polar surface area (TPSA) is 76.4 Å². The first-order valence-electron chi connectivity index (χ1n) is 7.81. The van der Waals surface area contributed by atoms with Gasteiger partial charge in [0.1, 0.15) is 6.10 Å². The van der Waals surface area contributed by atoms with Gasteiger partial charge in [-0.2, -0.15) is 5.10 Å². The van der Waals surface area contributed by atoms with E-state index in [1.165, 1.54) is 0 Å². The highest BCUT2D eigenvalue weighted by molar-refractivity contribution is 5.94.